The zero-order chi connectivity index (χ0) is 10.2. The van der Waals surface area contributed by atoms with Crippen molar-refractivity contribution in [2.75, 3.05) is 6.26 Å². The van der Waals surface area contributed by atoms with Crippen molar-refractivity contribution in [3.63, 3.8) is 0 Å². The minimum absolute atomic E-state index is 0.512. The van der Waals surface area contributed by atoms with Gasteiger partial charge in [0.15, 0.2) is 0 Å². The molecule has 1 aliphatic rings. The number of aliphatic hydroxyl groups is 1. The molecule has 0 heterocycles. The number of hydrogen-bond acceptors (Lipinski definition) is 2. The Labute approximate surface area is 89.5 Å². The molecule has 0 saturated heterocycles. The quantitative estimate of drug-likeness (QED) is 0.754. The molecule has 0 spiro atoms. The highest BCUT2D eigenvalue weighted by atomic mass is 32.2. The molecule has 1 nitrogen and oxygen atoms in total. The molecule has 0 amide bonds. The number of hydrogen-bond donors (Lipinski definition) is 1. The molecule has 0 bridgehead atoms. The first kappa shape index (κ1) is 10.1. The highest BCUT2D eigenvalue weighted by Gasteiger charge is 2.36. The average molecular weight is 208 g/mol. The van der Waals surface area contributed by atoms with Crippen LogP contribution in [0.25, 0.3) is 0 Å². The van der Waals surface area contributed by atoms with E-state index >= 15 is 0 Å². The van der Waals surface area contributed by atoms with Gasteiger partial charge in [0.1, 0.15) is 0 Å². The molecule has 76 valence electrons. The third-order valence-corrected chi connectivity index (χ3v) is 4.01. The zero-order valence-electron chi connectivity index (χ0n) is 8.71. The van der Waals surface area contributed by atoms with E-state index in [1.165, 1.54) is 10.5 Å². The second-order valence-corrected chi connectivity index (χ2v) is 4.92. The summed E-state index contributed by atoms with van der Waals surface area (Å²) in [5.74, 6) is 0. The van der Waals surface area contributed by atoms with Gasteiger partial charge < -0.3 is 5.11 Å². The lowest BCUT2D eigenvalue weighted by molar-refractivity contribution is -0.0388. The second-order valence-electron chi connectivity index (χ2n) is 4.07. The molecule has 1 N–H and O–H groups in total. The maximum atomic E-state index is 10.2. The molecule has 14 heavy (non-hydrogen) atoms. The Hall–Kier alpha value is -0.470. The molecule has 0 atom stereocenters. The van der Waals surface area contributed by atoms with E-state index in [2.05, 4.69) is 31.4 Å². The summed E-state index contributed by atoms with van der Waals surface area (Å²) in [6, 6.07) is 6.31. The van der Waals surface area contributed by atoms with Crippen LogP contribution in [-0.2, 0) is 5.60 Å². The first-order valence-corrected chi connectivity index (χ1v) is 6.26. The first-order chi connectivity index (χ1) is 6.65. The lowest BCUT2D eigenvalue weighted by Gasteiger charge is -2.37. The molecule has 1 saturated carbocycles. The van der Waals surface area contributed by atoms with Crippen LogP contribution >= 0.6 is 11.8 Å². The fourth-order valence-corrected chi connectivity index (χ4v) is 2.55. The summed E-state index contributed by atoms with van der Waals surface area (Å²) in [4.78, 5) is 1.30. The number of aryl methyl sites for hydroxylation is 1. The van der Waals surface area contributed by atoms with Gasteiger partial charge in [-0.15, -0.1) is 11.8 Å². The smallest absolute Gasteiger partial charge is 0.0896 e. The third kappa shape index (κ3) is 1.57. The molecule has 2 rings (SSSR count). The molecular weight excluding hydrogens is 192 g/mol. The lowest BCUT2D eigenvalue weighted by atomic mass is 9.75. The van der Waals surface area contributed by atoms with Crippen molar-refractivity contribution < 1.29 is 5.11 Å². The molecule has 0 aliphatic heterocycles. The second kappa shape index (κ2) is 3.59. The van der Waals surface area contributed by atoms with Crippen LogP contribution < -0.4 is 0 Å². The highest BCUT2D eigenvalue weighted by molar-refractivity contribution is 7.98. The monoisotopic (exact) mass is 208 g/mol. The van der Waals surface area contributed by atoms with E-state index in [1.807, 2.05) is 0 Å². The van der Waals surface area contributed by atoms with Crippen molar-refractivity contribution in [3.05, 3.63) is 29.3 Å². The van der Waals surface area contributed by atoms with Gasteiger partial charge in [-0.3, -0.25) is 0 Å². The lowest BCUT2D eigenvalue weighted by Crippen LogP contribution is -2.33. The van der Waals surface area contributed by atoms with Crippen molar-refractivity contribution >= 4 is 11.8 Å². The van der Waals surface area contributed by atoms with Crippen LogP contribution in [0.3, 0.4) is 0 Å². The summed E-state index contributed by atoms with van der Waals surface area (Å²) in [6.07, 6.45) is 5.08. The Morgan fingerprint density at radius 2 is 2.07 bits per heavy atom. The van der Waals surface area contributed by atoms with Crippen molar-refractivity contribution in [1.29, 1.82) is 0 Å². The van der Waals surface area contributed by atoms with Gasteiger partial charge in [0.2, 0.25) is 0 Å². The van der Waals surface area contributed by atoms with E-state index < -0.39 is 5.60 Å². The van der Waals surface area contributed by atoms with Crippen molar-refractivity contribution in [2.24, 2.45) is 0 Å². The fourth-order valence-electron chi connectivity index (χ4n) is 1.97. The molecule has 2 heteroatoms. The van der Waals surface area contributed by atoms with E-state index in [4.69, 9.17) is 0 Å². The fraction of sp³-hybridized carbons (Fsp3) is 0.500. The Morgan fingerprint density at radius 3 is 2.50 bits per heavy atom. The standard InChI is InChI=1S/C12H16OS/c1-9-8-10(4-5-11(9)14-2)12(13)6-3-7-12/h4-5,8,13H,3,6-7H2,1-2H3. The summed E-state index contributed by atoms with van der Waals surface area (Å²) in [5, 5.41) is 10.2. The Morgan fingerprint density at radius 1 is 1.36 bits per heavy atom. The Balaban J connectivity index is 2.32. The van der Waals surface area contributed by atoms with Crippen LogP contribution in [0.2, 0.25) is 0 Å². The maximum absolute atomic E-state index is 10.2. The van der Waals surface area contributed by atoms with Crippen molar-refractivity contribution in [2.45, 2.75) is 36.7 Å². The van der Waals surface area contributed by atoms with Gasteiger partial charge in [0.05, 0.1) is 5.60 Å². The summed E-state index contributed by atoms with van der Waals surface area (Å²) >= 11 is 1.76. The van der Waals surface area contributed by atoms with Gasteiger partial charge >= 0.3 is 0 Å². The summed E-state index contributed by atoms with van der Waals surface area (Å²) in [6.45, 7) is 2.11. The third-order valence-electron chi connectivity index (χ3n) is 3.11. The van der Waals surface area contributed by atoms with Crippen LogP contribution in [0.5, 0.6) is 0 Å². The SMILES string of the molecule is CSc1ccc(C2(O)CCC2)cc1C. The topological polar surface area (TPSA) is 20.2 Å². The van der Waals surface area contributed by atoms with Gasteiger partial charge in [0, 0.05) is 4.90 Å². The molecule has 1 aromatic rings. The van der Waals surface area contributed by atoms with Gasteiger partial charge in [0.25, 0.3) is 0 Å². The first-order valence-electron chi connectivity index (χ1n) is 5.03. The van der Waals surface area contributed by atoms with E-state index in [1.54, 1.807) is 11.8 Å². The largest absolute Gasteiger partial charge is 0.385 e. The van der Waals surface area contributed by atoms with E-state index in [9.17, 15) is 5.11 Å². The predicted octanol–water partition coefficient (Wildman–Crippen LogP) is 3.09. The number of benzene rings is 1. The number of rotatable bonds is 2. The van der Waals surface area contributed by atoms with Crippen LogP contribution in [0.4, 0.5) is 0 Å². The Bertz CT molecular complexity index is 342. The van der Waals surface area contributed by atoms with Crippen LogP contribution in [0.15, 0.2) is 23.1 Å². The zero-order valence-corrected chi connectivity index (χ0v) is 9.53. The number of thioether (sulfide) groups is 1. The summed E-state index contributed by atoms with van der Waals surface area (Å²) in [7, 11) is 0. The van der Waals surface area contributed by atoms with E-state index in [0.29, 0.717) is 0 Å². The molecule has 1 aliphatic carbocycles. The summed E-state index contributed by atoms with van der Waals surface area (Å²) < 4.78 is 0. The van der Waals surface area contributed by atoms with Gasteiger partial charge in [-0.1, -0.05) is 12.1 Å². The molecule has 1 fully saturated rings. The van der Waals surface area contributed by atoms with Gasteiger partial charge in [-0.2, -0.15) is 0 Å². The molecule has 0 radical (unpaired) electrons. The van der Waals surface area contributed by atoms with Crippen LogP contribution in [-0.4, -0.2) is 11.4 Å². The van der Waals surface area contributed by atoms with Crippen molar-refractivity contribution in [1.82, 2.24) is 0 Å². The molecule has 0 unspecified atom stereocenters. The minimum atomic E-state index is -0.512. The van der Waals surface area contributed by atoms with Crippen molar-refractivity contribution in [3.8, 4) is 0 Å². The average Bonchev–Trinajstić information content (AvgIpc) is 2.14. The van der Waals surface area contributed by atoms with Crippen LogP contribution in [0, 0.1) is 6.92 Å². The maximum Gasteiger partial charge on any atom is 0.0896 e. The molecule has 1 aromatic carbocycles. The minimum Gasteiger partial charge on any atom is -0.385 e. The Kier molecular flexibility index (Phi) is 2.58. The highest BCUT2D eigenvalue weighted by Crippen LogP contribution is 2.41. The normalized spacial score (nSPS) is 19.1. The molecular formula is C12H16OS. The van der Waals surface area contributed by atoms with E-state index in [0.717, 1.165) is 24.8 Å². The van der Waals surface area contributed by atoms with Gasteiger partial charge in [-0.05, 0) is 49.6 Å². The van der Waals surface area contributed by atoms with Gasteiger partial charge in [-0.25, -0.2) is 0 Å². The predicted molar refractivity (Wildman–Crippen MR) is 60.7 cm³/mol. The summed E-state index contributed by atoms with van der Waals surface area (Å²) in [5.41, 5.74) is 1.86. The van der Waals surface area contributed by atoms with Crippen LogP contribution in [0.1, 0.15) is 30.4 Å². The molecule has 0 aromatic heterocycles. The van der Waals surface area contributed by atoms with E-state index in [-0.39, 0.29) is 0 Å².